The van der Waals surface area contributed by atoms with E-state index in [2.05, 4.69) is 18.8 Å². The summed E-state index contributed by atoms with van der Waals surface area (Å²) in [5.74, 6) is -0.0359. The molecule has 0 radical (unpaired) electrons. The third kappa shape index (κ3) is 3.49. The molecule has 0 N–H and O–H groups in total. The van der Waals surface area contributed by atoms with Gasteiger partial charge in [-0.3, -0.25) is 9.78 Å². The highest BCUT2D eigenvalue weighted by Crippen LogP contribution is 2.10. The van der Waals surface area contributed by atoms with Gasteiger partial charge in [0.05, 0.1) is 0 Å². The molecule has 88 valence electrons. The first-order valence-electron chi connectivity index (χ1n) is 5.59. The second-order valence-electron chi connectivity index (χ2n) is 3.65. The lowest BCUT2D eigenvalue weighted by molar-refractivity contribution is 0.0749. The number of carbonyl (C=O) groups is 1. The molecule has 0 bridgehead atoms. The summed E-state index contributed by atoms with van der Waals surface area (Å²) in [5, 5.41) is 0.547. The molecule has 1 heterocycles. The summed E-state index contributed by atoms with van der Waals surface area (Å²) in [5.41, 5.74) is 0.425. The summed E-state index contributed by atoms with van der Waals surface area (Å²) in [6.07, 6.45) is 3.46. The number of amides is 1. The van der Waals surface area contributed by atoms with Gasteiger partial charge in [-0.15, -0.1) is 0 Å². The van der Waals surface area contributed by atoms with E-state index in [1.54, 1.807) is 18.3 Å². The molecule has 0 aromatic carbocycles. The molecule has 0 aliphatic carbocycles. The number of rotatable bonds is 5. The van der Waals surface area contributed by atoms with Crippen LogP contribution in [0.5, 0.6) is 0 Å². The second-order valence-corrected chi connectivity index (χ2v) is 4.09. The van der Waals surface area contributed by atoms with Gasteiger partial charge < -0.3 is 4.90 Å². The summed E-state index contributed by atoms with van der Waals surface area (Å²) in [4.78, 5) is 17.9. The molecule has 0 saturated carbocycles. The normalized spacial score (nSPS) is 10.2. The van der Waals surface area contributed by atoms with Crippen molar-refractivity contribution in [3.05, 3.63) is 29.0 Å². The Morgan fingerprint density at radius 3 is 2.50 bits per heavy atom. The van der Waals surface area contributed by atoms with Crippen LogP contribution in [0.1, 0.15) is 37.2 Å². The van der Waals surface area contributed by atoms with Gasteiger partial charge in [-0.1, -0.05) is 25.4 Å². The fourth-order valence-electron chi connectivity index (χ4n) is 1.54. The molecule has 0 atom stereocenters. The minimum atomic E-state index is -0.0359. The van der Waals surface area contributed by atoms with Crippen molar-refractivity contribution in [2.75, 3.05) is 13.1 Å². The second kappa shape index (κ2) is 6.48. The van der Waals surface area contributed by atoms with Gasteiger partial charge in [0.15, 0.2) is 0 Å². The van der Waals surface area contributed by atoms with Crippen molar-refractivity contribution >= 4 is 17.5 Å². The summed E-state index contributed by atoms with van der Waals surface area (Å²) >= 11 is 5.84. The van der Waals surface area contributed by atoms with Gasteiger partial charge in [-0.25, -0.2) is 0 Å². The molecule has 4 heteroatoms. The lowest BCUT2D eigenvalue weighted by atomic mass is 10.3. The van der Waals surface area contributed by atoms with Crippen molar-refractivity contribution in [1.82, 2.24) is 9.88 Å². The Morgan fingerprint density at radius 2 is 2.00 bits per heavy atom. The minimum absolute atomic E-state index is 0.0359. The largest absolute Gasteiger partial charge is 0.337 e. The van der Waals surface area contributed by atoms with Crippen molar-refractivity contribution in [1.29, 1.82) is 0 Å². The van der Waals surface area contributed by atoms with E-state index in [4.69, 9.17) is 11.6 Å². The van der Waals surface area contributed by atoms with E-state index < -0.39 is 0 Å². The minimum Gasteiger partial charge on any atom is -0.337 e. The van der Waals surface area contributed by atoms with Gasteiger partial charge in [0.1, 0.15) is 5.69 Å². The predicted octanol–water partition coefficient (Wildman–Crippen LogP) is 3.00. The summed E-state index contributed by atoms with van der Waals surface area (Å²) in [7, 11) is 0. The predicted molar refractivity (Wildman–Crippen MR) is 65.7 cm³/mol. The third-order valence-electron chi connectivity index (χ3n) is 2.22. The molecule has 1 aromatic rings. The van der Waals surface area contributed by atoms with E-state index >= 15 is 0 Å². The van der Waals surface area contributed by atoms with Gasteiger partial charge >= 0.3 is 0 Å². The highest BCUT2D eigenvalue weighted by atomic mass is 35.5. The van der Waals surface area contributed by atoms with E-state index in [1.807, 2.05) is 4.90 Å². The van der Waals surface area contributed by atoms with Gasteiger partial charge in [0, 0.05) is 24.3 Å². The lowest BCUT2D eigenvalue weighted by Crippen LogP contribution is -2.33. The van der Waals surface area contributed by atoms with Crippen LogP contribution in [-0.4, -0.2) is 28.9 Å². The Labute approximate surface area is 101 Å². The van der Waals surface area contributed by atoms with Gasteiger partial charge in [-0.2, -0.15) is 0 Å². The van der Waals surface area contributed by atoms with E-state index in [-0.39, 0.29) is 5.91 Å². The highest BCUT2D eigenvalue weighted by Gasteiger charge is 2.15. The Bertz CT molecular complexity index is 349. The SMILES string of the molecule is CCCN(CCC)C(=O)c1cc(Cl)ccn1. The monoisotopic (exact) mass is 240 g/mol. The Hall–Kier alpha value is -1.09. The first kappa shape index (κ1) is 13.0. The first-order chi connectivity index (χ1) is 7.69. The molecule has 0 fully saturated rings. The first-order valence-corrected chi connectivity index (χ1v) is 5.97. The summed E-state index contributed by atoms with van der Waals surface area (Å²) in [6.45, 7) is 5.64. The van der Waals surface area contributed by atoms with Crippen LogP contribution in [0.2, 0.25) is 5.02 Å². The van der Waals surface area contributed by atoms with Crippen LogP contribution in [-0.2, 0) is 0 Å². The zero-order valence-electron chi connectivity index (χ0n) is 9.74. The average Bonchev–Trinajstić information content (AvgIpc) is 2.28. The molecule has 0 aliphatic heterocycles. The van der Waals surface area contributed by atoms with Gasteiger partial charge in [0.2, 0.25) is 0 Å². The molecular weight excluding hydrogens is 224 g/mol. The number of nitrogens with zero attached hydrogens (tertiary/aromatic N) is 2. The molecule has 1 rings (SSSR count). The van der Waals surface area contributed by atoms with Crippen LogP contribution >= 0.6 is 11.6 Å². The number of hydrogen-bond acceptors (Lipinski definition) is 2. The highest BCUT2D eigenvalue weighted by molar-refractivity contribution is 6.30. The molecule has 0 unspecified atom stereocenters. The Balaban J connectivity index is 2.81. The topological polar surface area (TPSA) is 33.2 Å². The van der Waals surface area contributed by atoms with Crippen molar-refractivity contribution in [2.45, 2.75) is 26.7 Å². The average molecular weight is 241 g/mol. The van der Waals surface area contributed by atoms with Crippen molar-refractivity contribution in [3.8, 4) is 0 Å². The third-order valence-corrected chi connectivity index (χ3v) is 2.45. The van der Waals surface area contributed by atoms with Crippen LogP contribution in [0, 0.1) is 0 Å². The molecule has 0 aliphatic rings. The Morgan fingerprint density at radius 1 is 1.38 bits per heavy atom. The van der Waals surface area contributed by atoms with Gasteiger partial charge in [-0.05, 0) is 25.0 Å². The quantitative estimate of drug-likeness (QED) is 0.793. The molecule has 1 amide bonds. The molecule has 1 aromatic heterocycles. The molecular formula is C12H17ClN2O. The van der Waals surface area contributed by atoms with Crippen LogP contribution in [0.25, 0.3) is 0 Å². The van der Waals surface area contributed by atoms with Crippen molar-refractivity contribution in [3.63, 3.8) is 0 Å². The molecule has 16 heavy (non-hydrogen) atoms. The smallest absolute Gasteiger partial charge is 0.272 e. The maximum absolute atomic E-state index is 12.1. The van der Waals surface area contributed by atoms with E-state index in [0.29, 0.717) is 10.7 Å². The number of carbonyl (C=O) groups excluding carboxylic acids is 1. The Kier molecular flexibility index (Phi) is 5.26. The van der Waals surface area contributed by atoms with Crippen molar-refractivity contribution in [2.24, 2.45) is 0 Å². The van der Waals surface area contributed by atoms with Crippen LogP contribution in [0.4, 0.5) is 0 Å². The standard InChI is InChI=1S/C12H17ClN2O/c1-3-7-15(8-4-2)12(16)11-9-10(13)5-6-14-11/h5-6,9H,3-4,7-8H2,1-2H3. The maximum Gasteiger partial charge on any atom is 0.272 e. The fraction of sp³-hybridized carbons (Fsp3) is 0.500. The molecule has 3 nitrogen and oxygen atoms in total. The fourth-order valence-corrected chi connectivity index (χ4v) is 1.70. The van der Waals surface area contributed by atoms with Crippen LogP contribution in [0.15, 0.2) is 18.3 Å². The zero-order chi connectivity index (χ0) is 12.0. The maximum atomic E-state index is 12.1. The zero-order valence-corrected chi connectivity index (χ0v) is 10.5. The summed E-state index contributed by atoms with van der Waals surface area (Å²) in [6, 6.07) is 3.28. The summed E-state index contributed by atoms with van der Waals surface area (Å²) < 4.78 is 0. The van der Waals surface area contributed by atoms with E-state index in [1.165, 1.54) is 0 Å². The van der Waals surface area contributed by atoms with Crippen molar-refractivity contribution < 1.29 is 4.79 Å². The van der Waals surface area contributed by atoms with E-state index in [0.717, 1.165) is 25.9 Å². The number of hydrogen-bond donors (Lipinski definition) is 0. The number of pyridine rings is 1. The van der Waals surface area contributed by atoms with Crippen LogP contribution in [0.3, 0.4) is 0 Å². The van der Waals surface area contributed by atoms with Gasteiger partial charge in [0.25, 0.3) is 5.91 Å². The molecule has 0 saturated heterocycles. The number of aromatic nitrogens is 1. The molecule has 0 spiro atoms. The van der Waals surface area contributed by atoms with Crippen LogP contribution < -0.4 is 0 Å². The lowest BCUT2D eigenvalue weighted by Gasteiger charge is -2.20. The van der Waals surface area contributed by atoms with E-state index in [9.17, 15) is 4.79 Å². The number of halogens is 1.